The molecule has 0 aliphatic heterocycles. The first-order valence-corrected chi connectivity index (χ1v) is 22.2. The first-order valence-electron chi connectivity index (χ1n) is 22.2. The fraction of sp³-hybridized carbons (Fsp3) is 0. The molecule has 66 heavy (non-hydrogen) atoms. The highest BCUT2D eigenvalue weighted by Gasteiger charge is 2.18. The molecule has 5 aromatic heterocycles. The molecule has 0 atom stereocenters. The van der Waals surface area contributed by atoms with Crippen LogP contribution in [0.25, 0.3) is 122 Å². The average Bonchev–Trinajstić information content (AvgIpc) is 3.99. The Bertz CT molecular complexity index is 3910. The number of para-hydroxylation sites is 2. The zero-order chi connectivity index (χ0) is 43.6. The van der Waals surface area contributed by atoms with Gasteiger partial charge in [-0.2, -0.15) is 0 Å². The molecule has 13 aromatic rings. The van der Waals surface area contributed by atoms with Gasteiger partial charge in [0.1, 0.15) is 5.65 Å². The standard InChI is InChI=1S/C60H38N6/c1-4-15-40(16-5-1)54-38-65-34-33-49-57(60(65)64-54)50-36-44(31-32-51(50)61-58(49)42-17-6-2-7-18-42)39-27-29-41(30-28-39)52-37-53(63-59(62-52)43-19-8-3-9-20-43)45-21-14-22-46(35-45)66-55-25-12-10-23-47(55)48-24-11-13-26-56(48)66/h1-38H. The predicted molar refractivity (Wildman–Crippen MR) is 271 cm³/mol. The summed E-state index contributed by atoms with van der Waals surface area (Å²) in [5.74, 6) is 0.680. The Hall–Kier alpha value is -9.00. The third kappa shape index (κ3) is 6.34. The number of aromatic nitrogens is 6. The molecule has 0 bridgehead atoms. The van der Waals surface area contributed by atoms with Crippen molar-refractivity contribution in [3.05, 3.63) is 231 Å². The van der Waals surface area contributed by atoms with E-state index in [1.54, 1.807) is 0 Å². The van der Waals surface area contributed by atoms with Gasteiger partial charge < -0.3 is 8.97 Å². The lowest BCUT2D eigenvalue weighted by molar-refractivity contribution is 1.16. The van der Waals surface area contributed by atoms with Gasteiger partial charge in [0.25, 0.3) is 0 Å². The normalized spacial score (nSPS) is 11.6. The van der Waals surface area contributed by atoms with E-state index in [0.29, 0.717) is 5.82 Å². The molecule has 0 radical (unpaired) electrons. The van der Waals surface area contributed by atoms with E-state index in [1.165, 1.54) is 21.8 Å². The van der Waals surface area contributed by atoms with Gasteiger partial charge in [0.15, 0.2) is 5.82 Å². The number of imidazole rings is 1. The molecule has 0 saturated carbocycles. The van der Waals surface area contributed by atoms with Crippen LogP contribution >= 0.6 is 0 Å². The summed E-state index contributed by atoms with van der Waals surface area (Å²) in [5, 5.41) is 5.66. The highest BCUT2D eigenvalue weighted by molar-refractivity contribution is 6.17. The van der Waals surface area contributed by atoms with E-state index >= 15 is 0 Å². The van der Waals surface area contributed by atoms with Crippen molar-refractivity contribution in [2.75, 3.05) is 0 Å². The number of pyridine rings is 2. The van der Waals surface area contributed by atoms with Crippen molar-refractivity contribution in [3.8, 4) is 73.2 Å². The maximum absolute atomic E-state index is 5.29. The Labute approximate surface area is 380 Å². The summed E-state index contributed by atoms with van der Waals surface area (Å²) in [6.45, 7) is 0. The Kier molecular flexibility index (Phi) is 8.74. The lowest BCUT2D eigenvalue weighted by Crippen LogP contribution is -1.98. The predicted octanol–water partition coefficient (Wildman–Crippen LogP) is 14.9. The van der Waals surface area contributed by atoms with Crippen LogP contribution in [0.3, 0.4) is 0 Å². The van der Waals surface area contributed by atoms with Crippen molar-refractivity contribution in [1.82, 2.24) is 28.9 Å². The summed E-state index contributed by atoms with van der Waals surface area (Å²) in [5.41, 5.74) is 16.1. The number of nitrogens with zero attached hydrogens (tertiary/aromatic N) is 6. The minimum Gasteiger partial charge on any atom is -0.309 e. The summed E-state index contributed by atoms with van der Waals surface area (Å²) < 4.78 is 4.49. The Morgan fingerprint density at radius 2 is 0.909 bits per heavy atom. The van der Waals surface area contributed by atoms with Gasteiger partial charge in [-0.3, -0.25) is 0 Å². The number of fused-ring (bicyclic) bond motifs is 8. The van der Waals surface area contributed by atoms with Crippen LogP contribution in [0.1, 0.15) is 0 Å². The topological polar surface area (TPSA) is 60.9 Å². The number of rotatable bonds is 7. The summed E-state index contributed by atoms with van der Waals surface area (Å²) in [6, 6.07) is 76.5. The first kappa shape index (κ1) is 37.5. The van der Waals surface area contributed by atoms with Gasteiger partial charge in [-0.05, 0) is 59.7 Å². The summed E-state index contributed by atoms with van der Waals surface area (Å²) in [7, 11) is 0. The molecule has 0 unspecified atom stereocenters. The fourth-order valence-corrected chi connectivity index (χ4v) is 9.57. The molecular formula is C60H38N6. The van der Waals surface area contributed by atoms with Crippen LogP contribution in [-0.2, 0) is 0 Å². The van der Waals surface area contributed by atoms with E-state index in [0.717, 1.165) is 94.7 Å². The first-order chi connectivity index (χ1) is 32.7. The second kappa shape index (κ2) is 15.4. The SMILES string of the molecule is c1ccc(-c2cn3ccc4c(-c5ccccc5)nc5ccc(-c6ccc(-c7cc(-c8cccc(-n9c%10ccccc%10c%10ccccc%109)c8)nc(-c8ccccc8)n7)cc6)cc5c4c3n2)cc1. The molecule has 308 valence electrons. The van der Waals surface area contributed by atoms with Crippen molar-refractivity contribution in [2.45, 2.75) is 0 Å². The van der Waals surface area contributed by atoms with Crippen molar-refractivity contribution in [2.24, 2.45) is 0 Å². The molecule has 5 heterocycles. The van der Waals surface area contributed by atoms with Crippen LogP contribution in [0.2, 0.25) is 0 Å². The van der Waals surface area contributed by atoms with Gasteiger partial charge in [0.2, 0.25) is 0 Å². The molecule has 0 fully saturated rings. The third-order valence-corrected chi connectivity index (χ3v) is 12.7. The molecule has 0 saturated heterocycles. The van der Waals surface area contributed by atoms with E-state index < -0.39 is 0 Å². The summed E-state index contributed by atoms with van der Waals surface area (Å²) in [6.07, 6.45) is 4.22. The molecule has 0 aliphatic carbocycles. The fourth-order valence-electron chi connectivity index (χ4n) is 9.57. The highest BCUT2D eigenvalue weighted by Crippen LogP contribution is 2.39. The van der Waals surface area contributed by atoms with Crippen molar-refractivity contribution >= 4 is 49.1 Å². The minimum absolute atomic E-state index is 0.680. The average molecular weight is 843 g/mol. The van der Waals surface area contributed by atoms with Crippen LogP contribution in [0, 0.1) is 0 Å². The molecule has 0 N–H and O–H groups in total. The van der Waals surface area contributed by atoms with Gasteiger partial charge in [-0.15, -0.1) is 0 Å². The second-order valence-corrected chi connectivity index (χ2v) is 16.7. The van der Waals surface area contributed by atoms with Crippen LogP contribution in [-0.4, -0.2) is 28.9 Å². The monoisotopic (exact) mass is 842 g/mol. The summed E-state index contributed by atoms with van der Waals surface area (Å²) >= 11 is 0. The van der Waals surface area contributed by atoms with Crippen molar-refractivity contribution < 1.29 is 0 Å². The van der Waals surface area contributed by atoms with Gasteiger partial charge in [0, 0.05) is 72.8 Å². The lowest BCUT2D eigenvalue weighted by Gasteiger charge is -2.13. The molecule has 6 heteroatoms. The second-order valence-electron chi connectivity index (χ2n) is 16.7. The van der Waals surface area contributed by atoms with Crippen molar-refractivity contribution in [1.29, 1.82) is 0 Å². The van der Waals surface area contributed by atoms with Crippen LogP contribution in [0.4, 0.5) is 0 Å². The van der Waals surface area contributed by atoms with Gasteiger partial charge in [0.05, 0.1) is 39.3 Å². The smallest absolute Gasteiger partial charge is 0.160 e. The molecular weight excluding hydrogens is 805 g/mol. The Morgan fingerprint density at radius 1 is 0.333 bits per heavy atom. The molecule has 0 amide bonds. The van der Waals surface area contributed by atoms with Crippen molar-refractivity contribution in [3.63, 3.8) is 0 Å². The maximum Gasteiger partial charge on any atom is 0.160 e. The molecule has 6 nitrogen and oxygen atoms in total. The number of hydrogen-bond donors (Lipinski definition) is 0. The Balaban J connectivity index is 0.923. The highest BCUT2D eigenvalue weighted by atomic mass is 15.0. The van der Waals surface area contributed by atoms with E-state index in [1.807, 2.05) is 30.3 Å². The largest absolute Gasteiger partial charge is 0.309 e. The van der Waals surface area contributed by atoms with E-state index in [4.69, 9.17) is 19.9 Å². The third-order valence-electron chi connectivity index (χ3n) is 12.7. The zero-order valence-electron chi connectivity index (χ0n) is 35.6. The van der Waals surface area contributed by atoms with Crippen LogP contribution < -0.4 is 0 Å². The van der Waals surface area contributed by atoms with Gasteiger partial charge >= 0.3 is 0 Å². The Morgan fingerprint density at radius 3 is 1.62 bits per heavy atom. The quantitative estimate of drug-likeness (QED) is 0.150. The van der Waals surface area contributed by atoms with E-state index in [9.17, 15) is 0 Å². The lowest BCUT2D eigenvalue weighted by atomic mass is 9.97. The number of hydrogen-bond acceptors (Lipinski definition) is 4. The van der Waals surface area contributed by atoms with E-state index in [-0.39, 0.29) is 0 Å². The van der Waals surface area contributed by atoms with Gasteiger partial charge in [-0.1, -0.05) is 170 Å². The maximum atomic E-state index is 5.29. The molecule has 0 spiro atoms. The number of benzene rings is 8. The van der Waals surface area contributed by atoms with Gasteiger partial charge in [-0.25, -0.2) is 19.9 Å². The molecule has 8 aromatic carbocycles. The zero-order valence-corrected chi connectivity index (χ0v) is 35.6. The van der Waals surface area contributed by atoms with Crippen LogP contribution in [0.5, 0.6) is 0 Å². The van der Waals surface area contributed by atoms with Crippen LogP contribution in [0.15, 0.2) is 231 Å². The molecule has 13 rings (SSSR count). The summed E-state index contributed by atoms with van der Waals surface area (Å²) in [4.78, 5) is 20.9. The van der Waals surface area contributed by atoms with E-state index in [2.05, 4.69) is 209 Å². The minimum atomic E-state index is 0.680. The molecule has 0 aliphatic rings.